The summed E-state index contributed by atoms with van der Waals surface area (Å²) in [5.74, 6) is -2.28. The van der Waals surface area contributed by atoms with Crippen LogP contribution in [0, 0.1) is 5.41 Å². The molecule has 17 heteroatoms. The molecule has 274 valence electrons. The number of alkyl halides is 3. The number of carbonyl (C=O) groups is 5. The average Bonchev–Trinajstić information content (AvgIpc) is 2.91. The molecule has 0 saturated carbocycles. The lowest BCUT2D eigenvalue weighted by atomic mass is 9.92. The highest BCUT2D eigenvalue weighted by Gasteiger charge is 2.41. The number of halogens is 3. The van der Waals surface area contributed by atoms with Crippen LogP contribution in [0.3, 0.4) is 0 Å². The maximum Gasteiger partial charge on any atom is 0.407 e. The summed E-state index contributed by atoms with van der Waals surface area (Å²) in [6.45, 7) is 14.8. The fraction of sp³-hybridized carbons (Fsp3) is 0.833. The molecular weight excluding hydrogens is 820 g/mol. The Morgan fingerprint density at radius 2 is 0.915 bits per heavy atom. The number of hydrogen-bond acceptors (Lipinski definition) is 12. The van der Waals surface area contributed by atoms with E-state index in [1.807, 2.05) is 0 Å². The van der Waals surface area contributed by atoms with Gasteiger partial charge >= 0.3 is 24.0 Å². The predicted octanol–water partition coefficient (Wildman–Crippen LogP) is 3.81. The Bertz CT molecular complexity index is 941. The fourth-order valence-corrected chi connectivity index (χ4v) is 3.30. The average molecular weight is 871 g/mol. The third-order valence-corrected chi connectivity index (χ3v) is 6.45. The van der Waals surface area contributed by atoms with Crippen LogP contribution >= 0.6 is 47.8 Å². The van der Waals surface area contributed by atoms with Gasteiger partial charge in [-0.05, 0) is 62.3 Å². The van der Waals surface area contributed by atoms with Crippen molar-refractivity contribution >= 4 is 77.7 Å². The summed E-state index contributed by atoms with van der Waals surface area (Å²) in [6, 6.07) is 0. The molecule has 0 aliphatic heterocycles. The summed E-state index contributed by atoms with van der Waals surface area (Å²) in [5, 5.41) is 5.24. The predicted molar refractivity (Wildman–Crippen MR) is 184 cm³/mol. The van der Waals surface area contributed by atoms with Gasteiger partial charge in [0.25, 0.3) is 0 Å². The summed E-state index contributed by atoms with van der Waals surface area (Å²) < 4.78 is 35.1. The van der Waals surface area contributed by atoms with E-state index in [0.29, 0.717) is 6.61 Å². The number of carbonyl (C=O) groups excluding carboxylic acids is 5. The van der Waals surface area contributed by atoms with E-state index in [1.54, 1.807) is 62.3 Å². The molecular formula is C30H51Br3N2O12. The van der Waals surface area contributed by atoms with Gasteiger partial charge < -0.3 is 43.8 Å². The van der Waals surface area contributed by atoms with E-state index in [0.717, 1.165) is 0 Å². The van der Waals surface area contributed by atoms with Crippen molar-refractivity contribution in [2.24, 2.45) is 5.41 Å². The van der Waals surface area contributed by atoms with Gasteiger partial charge in [-0.25, -0.2) is 4.79 Å². The Balaban J connectivity index is 4.98. The number of amides is 2. The van der Waals surface area contributed by atoms with E-state index in [9.17, 15) is 24.0 Å². The Morgan fingerprint density at radius 3 is 1.28 bits per heavy atom. The molecule has 0 aliphatic rings. The number of nitrogens with one attached hydrogen (secondary N) is 2. The van der Waals surface area contributed by atoms with Crippen LogP contribution in [0.15, 0.2) is 0 Å². The van der Waals surface area contributed by atoms with E-state index < -0.39 is 53.9 Å². The van der Waals surface area contributed by atoms with Crippen LogP contribution in [0.25, 0.3) is 0 Å². The van der Waals surface area contributed by atoms with Gasteiger partial charge in [-0.2, -0.15) is 0 Å². The highest BCUT2D eigenvalue weighted by atomic mass is 79.9. The molecule has 0 fully saturated rings. The Morgan fingerprint density at radius 1 is 0.532 bits per heavy atom. The molecule has 0 heterocycles. The lowest BCUT2D eigenvalue weighted by Crippen LogP contribution is -2.47. The Kier molecular flexibility index (Phi) is 20.2. The topological polar surface area (TPSA) is 174 Å². The van der Waals surface area contributed by atoms with Crippen molar-refractivity contribution in [1.82, 2.24) is 10.6 Å². The van der Waals surface area contributed by atoms with E-state index in [1.165, 1.54) is 0 Å². The van der Waals surface area contributed by atoms with E-state index in [-0.39, 0.29) is 65.9 Å². The second kappa shape index (κ2) is 20.9. The molecule has 2 N–H and O–H groups in total. The first kappa shape index (κ1) is 45.5. The largest absolute Gasteiger partial charge is 0.464 e. The minimum atomic E-state index is -1.35. The highest BCUT2D eigenvalue weighted by molar-refractivity contribution is 9.10. The molecule has 0 aliphatic carbocycles. The monoisotopic (exact) mass is 868 g/mol. The number of rotatable bonds is 22. The summed E-state index contributed by atoms with van der Waals surface area (Å²) >= 11 is 9.75. The Labute approximate surface area is 303 Å². The van der Waals surface area contributed by atoms with Crippen LogP contribution in [0.1, 0.15) is 62.3 Å². The van der Waals surface area contributed by atoms with Crippen LogP contribution in [-0.2, 0) is 52.3 Å². The number of ether oxygens (including phenoxy) is 7. The van der Waals surface area contributed by atoms with Gasteiger partial charge in [-0.3, -0.25) is 19.2 Å². The molecule has 47 heavy (non-hydrogen) atoms. The van der Waals surface area contributed by atoms with E-state index in [2.05, 4.69) is 58.4 Å². The minimum absolute atomic E-state index is 0.196. The van der Waals surface area contributed by atoms with Gasteiger partial charge in [-0.15, -0.1) is 0 Å². The zero-order valence-corrected chi connectivity index (χ0v) is 33.6. The SMILES string of the molecule is CC(C)(C)OC(=O)NCCOCCOCCNC(=O)COCC(COC(=O)C(C)(C)Br)(COC(=O)C(C)(C)Br)COC(=O)C(C)(C)Br. The molecule has 0 aromatic heterocycles. The third kappa shape index (κ3) is 22.7. The van der Waals surface area contributed by atoms with Crippen LogP contribution in [0.5, 0.6) is 0 Å². The van der Waals surface area contributed by atoms with Gasteiger partial charge in [0, 0.05) is 13.1 Å². The van der Waals surface area contributed by atoms with Gasteiger partial charge in [-0.1, -0.05) is 47.8 Å². The zero-order valence-electron chi connectivity index (χ0n) is 28.8. The normalized spacial score (nSPS) is 12.6. The van der Waals surface area contributed by atoms with Crippen molar-refractivity contribution in [3.05, 3.63) is 0 Å². The summed E-state index contributed by atoms with van der Waals surface area (Å²) in [4.78, 5) is 61.7. The number of hydrogen-bond donors (Lipinski definition) is 2. The summed E-state index contributed by atoms with van der Waals surface area (Å²) in [5.41, 5.74) is -1.92. The maximum atomic E-state index is 12.6. The third-order valence-electron chi connectivity index (χ3n) is 5.48. The lowest BCUT2D eigenvalue weighted by Gasteiger charge is -2.34. The quantitative estimate of drug-likeness (QED) is 0.0699. The standard InChI is InChI=1S/C30H51Br3N2O12/c1-26(2,3)47-25(40)35-11-13-42-15-14-41-12-10-34-21(36)16-43-17-30(18-44-22(37)27(4,5)31,19-45-23(38)28(6,7)32)20-46-24(39)29(8,9)33/h10-20H2,1-9H3,(H,34,36)(H,35,40). The van der Waals surface area contributed by atoms with Crippen molar-refractivity contribution < 1.29 is 57.1 Å². The molecule has 0 atom stereocenters. The van der Waals surface area contributed by atoms with Crippen molar-refractivity contribution in [3.63, 3.8) is 0 Å². The molecule has 0 bridgehead atoms. The molecule has 14 nitrogen and oxygen atoms in total. The van der Waals surface area contributed by atoms with Gasteiger partial charge in [0.2, 0.25) is 5.91 Å². The Hall–Kier alpha value is -1.53. The fourth-order valence-electron chi connectivity index (χ4n) is 2.96. The number of esters is 3. The molecule has 0 aromatic rings. The van der Waals surface area contributed by atoms with Gasteiger partial charge in [0.15, 0.2) is 0 Å². The van der Waals surface area contributed by atoms with E-state index >= 15 is 0 Å². The van der Waals surface area contributed by atoms with Crippen LogP contribution in [0.2, 0.25) is 0 Å². The number of alkyl carbamates (subject to hydrolysis) is 1. The van der Waals surface area contributed by atoms with Gasteiger partial charge in [0.1, 0.15) is 45.0 Å². The van der Waals surface area contributed by atoms with Crippen LogP contribution in [0.4, 0.5) is 4.79 Å². The second-order valence-electron chi connectivity index (χ2n) is 13.1. The second-order valence-corrected chi connectivity index (χ2v) is 19.1. The van der Waals surface area contributed by atoms with Crippen LogP contribution in [-0.4, -0.2) is 121 Å². The van der Waals surface area contributed by atoms with Crippen molar-refractivity contribution in [3.8, 4) is 0 Å². The van der Waals surface area contributed by atoms with E-state index in [4.69, 9.17) is 33.2 Å². The lowest BCUT2D eigenvalue weighted by molar-refractivity contribution is -0.170. The van der Waals surface area contributed by atoms with Crippen molar-refractivity contribution in [1.29, 1.82) is 0 Å². The smallest absolute Gasteiger partial charge is 0.407 e. The first-order chi connectivity index (χ1) is 21.4. The highest BCUT2D eigenvalue weighted by Crippen LogP contribution is 2.27. The molecule has 0 saturated heterocycles. The molecule has 2 amide bonds. The molecule has 0 aromatic carbocycles. The summed E-state index contributed by atoms with van der Waals surface area (Å²) in [6.07, 6.45) is -0.519. The first-order valence-electron chi connectivity index (χ1n) is 14.9. The zero-order chi connectivity index (χ0) is 36.5. The first-order valence-corrected chi connectivity index (χ1v) is 17.3. The van der Waals surface area contributed by atoms with Crippen molar-refractivity contribution in [2.45, 2.75) is 80.9 Å². The summed E-state index contributed by atoms with van der Waals surface area (Å²) in [7, 11) is 0. The minimum Gasteiger partial charge on any atom is -0.464 e. The molecule has 0 spiro atoms. The van der Waals surface area contributed by atoms with Crippen LogP contribution < -0.4 is 10.6 Å². The molecule has 0 unspecified atom stereocenters. The van der Waals surface area contributed by atoms with Gasteiger partial charge in [0.05, 0.1) is 38.4 Å². The molecule has 0 rings (SSSR count). The maximum absolute atomic E-state index is 12.6. The molecule has 0 radical (unpaired) electrons. The van der Waals surface area contributed by atoms with Crippen molar-refractivity contribution in [2.75, 3.05) is 72.6 Å².